The van der Waals surface area contributed by atoms with Gasteiger partial charge in [0.15, 0.2) is 11.0 Å². The normalized spacial score (nSPS) is 12.1. The molecule has 5 nitrogen and oxygen atoms in total. The first-order valence-electron chi connectivity index (χ1n) is 8.14. The van der Waals surface area contributed by atoms with E-state index < -0.39 is 0 Å². The van der Waals surface area contributed by atoms with E-state index in [1.54, 1.807) is 11.3 Å². The summed E-state index contributed by atoms with van der Waals surface area (Å²) in [5.74, 6) is 0.856. The van der Waals surface area contributed by atoms with Crippen molar-refractivity contribution in [3.8, 4) is 10.7 Å². The molecule has 130 valence electrons. The standard InChI is InChI=1S/C18H20N4OS2/c1-3-22-16(15-10-7-11-24-15)20-21-18(22)25-13(2)17(23)19-12-14-8-5-4-6-9-14/h4-11,13H,3,12H2,1-2H3,(H,19,23). The van der Waals surface area contributed by atoms with Crippen LogP contribution in [0, 0.1) is 0 Å². The fraction of sp³-hybridized carbons (Fsp3) is 0.278. The number of hydrogen-bond donors (Lipinski definition) is 1. The van der Waals surface area contributed by atoms with Crippen molar-refractivity contribution in [3.63, 3.8) is 0 Å². The molecule has 7 heteroatoms. The van der Waals surface area contributed by atoms with Gasteiger partial charge in [-0.25, -0.2) is 0 Å². The van der Waals surface area contributed by atoms with Gasteiger partial charge in [0, 0.05) is 13.1 Å². The second kappa shape index (κ2) is 8.31. The molecule has 3 aromatic rings. The summed E-state index contributed by atoms with van der Waals surface area (Å²) < 4.78 is 2.05. The molecule has 25 heavy (non-hydrogen) atoms. The van der Waals surface area contributed by atoms with Crippen LogP contribution in [0.3, 0.4) is 0 Å². The Labute approximate surface area is 155 Å². The molecule has 0 aliphatic carbocycles. The lowest BCUT2D eigenvalue weighted by atomic mass is 10.2. The molecular formula is C18H20N4OS2. The molecule has 0 bridgehead atoms. The van der Waals surface area contributed by atoms with Crippen molar-refractivity contribution in [1.82, 2.24) is 20.1 Å². The highest BCUT2D eigenvalue weighted by atomic mass is 32.2. The molecule has 2 aromatic heterocycles. The SMILES string of the molecule is CCn1c(SC(C)C(=O)NCc2ccccc2)nnc1-c1cccs1. The largest absolute Gasteiger partial charge is 0.351 e. The Morgan fingerprint density at radius 1 is 1.24 bits per heavy atom. The maximum absolute atomic E-state index is 12.4. The van der Waals surface area contributed by atoms with Gasteiger partial charge in [0.1, 0.15) is 0 Å². The van der Waals surface area contributed by atoms with Crippen LogP contribution in [0.15, 0.2) is 53.0 Å². The lowest BCUT2D eigenvalue weighted by Crippen LogP contribution is -2.30. The predicted molar refractivity (Wildman–Crippen MR) is 103 cm³/mol. The fourth-order valence-electron chi connectivity index (χ4n) is 2.39. The third kappa shape index (κ3) is 4.29. The Hall–Kier alpha value is -2.12. The highest BCUT2D eigenvalue weighted by molar-refractivity contribution is 8.00. The molecule has 1 atom stereocenters. The van der Waals surface area contributed by atoms with Gasteiger partial charge in [0.2, 0.25) is 5.91 Å². The van der Waals surface area contributed by atoms with Gasteiger partial charge in [-0.05, 0) is 30.9 Å². The molecule has 1 aromatic carbocycles. The van der Waals surface area contributed by atoms with Gasteiger partial charge in [-0.15, -0.1) is 21.5 Å². The maximum Gasteiger partial charge on any atom is 0.233 e. The number of thiophene rings is 1. The Morgan fingerprint density at radius 3 is 2.72 bits per heavy atom. The molecular weight excluding hydrogens is 352 g/mol. The topological polar surface area (TPSA) is 59.8 Å². The minimum absolute atomic E-state index is 0.00261. The first kappa shape index (κ1) is 17.7. The zero-order chi connectivity index (χ0) is 17.6. The van der Waals surface area contributed by atoms with Gasteiger partial charge >= 0.3 is 0 Å². The lowest BCUT2D eigenvalue weighted by molar-refractivity contribution is -0.120. The molecule has 0 saturated carbocycles. The zero-order valence-corrected chi connectivity index (χ0v) is 15.8. The van der Waals surface area contributed by atoms with Gasteiger partial charge < -0.3 is 9.88 Å². The van der Waals surface area contributed by atoms with E-state index in [2.05, 4.69) is 27.0 Å². The van der Waals surface area contributed by atoms with E-state index in [1.165, 1.54) is 11.8 Å². The summed E-state index contributed by atoms with van der Waals surface area (Å²) in [5.41, 5.74) is 1.09. The number of benzene rings is 1. The van der Waals surface area contributed by atoms with E-state index in [1.807, 2.05) is 54.8 Å². The number of nitrogens with one attached hydrogen (secondary N) is 1. The van der Waals surface area contributed by atoms with Crippen LogP contribution < -0.4 is 5.32 Å². The van der Waals surface area contributed by atoms with Gasteiger partial charge in [0.05, 0.1) is 10.1 Å². The van der Waals surface area contributed by atoms with E-state index >= 15 is 0 Å². The maximum atomic E-state index is 12.4. The number of hydrogen-bond acceptors (Lipinski definition) is 5. The number of carbonyl (C=O) groups excluding carboxylic acids is 1. The van der Waals surface area contributed by atoms with Crippen molar-refractivity contribution in [2.24, 2.45) is 0 Å². The lowest BCUT2D eigenvalue weighted by Gasteiger charge is -2.12. The van der Waals surface area contributed by atoms with Crippen LogP contribution >= 0.6 is 23.1 Å². The summed E-state index contributed by atoms with van der Waals surface area (Å²) in [6.07, 6.45) is 0. The smallest absolute Gasteiger partial charge is 0.233 e. The number of thioether (sulfide) groups is 1. The van der Waals surface area contributed by atoms with E-state index in [4.69, 9.17) is 0 Å². The average Bonchev–Trinajstić information content (AvgIpc) is 3.29. The number of rotatable bonds is 7. The second-order valence-electron chi connectivity index (χ2n) is 5.49. The molecule has 0 fully saturated rings. The third-order valence-electron chi connectivity index (χ3n) is 3.74. The monoisotopic (exact) mass is 372 g/mol. The molecule has 1 amide bonds. The summed E-state index contributed by atoms with van der Waals surface area (Å²) in [7, 11) is 0. The number of amides is 1. The summed E-state index contributed by atoms with van der Waals surface area (Å²) in [5, 5.41) is 14.1. The van der Waals surface area contributed by atoms with Crippen LogP contribution in [0.25, 0.3) is 10.7 Å². The first-order valence-corrected chi connectivity index (χ1v) is 9.90. The second-order valence-corrected chi connectivity index (χ2v) is 7.75. The van der Waals surface area contributed by atoms with Crippen LogP contribution in [-0.2, 0) is 17.9 Å². The van der Waals surface area contributed by atoms with Crippen LogP contribution in [0.4, 0.5) is 0 Å². The van der Waals surface area contributed by atoms with E-state index in [9.17, 15) is 4.79 Å². The van der Waals surface area contributed by atoms with Crippen LogP contribution in [0.1, 0.15) is 19.4 Å². The molecule has 0 spiro atoms. The van der Waals surface area contributed by atoms with Gasteiger partial charge in [-0.3, -0.25) is 4.79 Å². The van der Waals surface area contributed by atoms with E-state index in [-0.39, 0.29) is 11.2 Å². The van der Waals surface area contributed by atoms with Crippen molar-refractivity contribution in [2.75, 3.05) is 0 Å². The molecule has 1 unspecified atom stereocenters. The molecule has 2 heterocycles. The third-order valence-corrected chi connectivity index (χ3v) is 5.68. The Morgan fingerprint density at radius 2 is 2.04 bits per heavy atom. The fourth-order valence-corrected chi connectivity index (χ4v) is 4.04. The van der Waals surface area contributed by atoms with Crippen LogP contribution in [-0.4, -0.2) is 25.9 Å². The Balaban J connectivity index is 1.64. The average molecular weight is 373 g/mol. The minimum Gasteiger partial charge on any atom is -0.351 e. The van der Waals surface area contributed by atoms with Crippen LogP contribution in [0.5, 0.6) is 0 Å². The summed E-state index contributed by atoms with van der Waals surface area (Å²) in [6.45, 7) is 5.25. The minimum atomic E-state index is -0.241. The van der Waals surface area contributed by atoms with Crippen LogP contribution in [0.2, 0.25) is 0 Å². The summed E-state index contributed by atoms with van der Waals surface area (Å²) >= 11 is 3.08. The van der Waals surface area contributed by atoms with Gasteiger partial charge in [0.25, 0.3) is 0 Å². The Kier molecular flexibility index (Phi) is 5.88. The van der Waals surface area contributed by atoms with Crippen molar-refractivity contribution in [3.05, 3.63) is 53.4 Å². The van der Waals surface area contributed by atoms with Crippen molar-refractivity contribution in [1.29, 1.82) is 0 Å². The predicted octanol–water partition coefficient (Wildman–Crippen LogP) is 3.82. The highest BCUT2D eigenvalue weighted by Gasteiger charge is 2.20. The molecule has 0 aliphatic rings. The number of aromatic nitrogens is 3. The summed E-state index contributed by atoms with van der Waals surface area (Å²) in [6, 6.07) is 13.9. The number of carbonyl (C=O) groups is 1. The van der Waals surface area contributed by atoms with Crippen molar-refractivity contribution < 1.29 is 4.79 Å². The van der Waals surface area contributed by atoms with Crippen molar-refractivity contribution >= 4 is 29.0 Å². The number of nitrogens with zero attached hydrogens (tertiary/aromatic N) is 3. The molecule has 1 N–H and O–H groups in total. The molecule has 0 saturated heterocycles. The quantitative estimate of drug-likeness (QED) is 0.641. The highest BCUT2D eigenvalue weighted by Crippen LogP contribution is 2.29. The van der Waals surface area contributed by atoms with Gasteiger partial charge in [-0.1, -0.05) is 48.2 Å². The van der Waals surface area contributed by atoms with E-state index in [0.29, 0.717) is 6.54 Å². The molecule has 0 radical (unpaired) electrons. The zero-order valence-electron chi connectivity index (χ0n) is 14.2. The summed E-state index contributed by atoms with van der Waals surface area (Å²) in [4.78, 5) is 13.5. The molecule has 3 rings (SSSR count). The van der Waals surface area contributed by atoms with Gasteiger partial charge in [-0.2, -0.15) is 0 Å². The Bertz CT molecular complexity index is 815. The van der Waals surface area contributed by atoms with E-state index in [0.717, 1.165) is 28.0 Å². The van der Waals surface area contributed by atoms with Crippen molar-refractivity contribution in [2.45, 2.75) is 37.3 Å². The first-order chi connectivity index (χ1) is 12.2. The molecule has 0 aliphatic heterocycles.